The summed E-state index contributed by atoms with van der Waals surface area (Å²) < 4.78 is 24.5. The molecule has 6 nitrogen and oxygen atoms in total. The average Bonchev–Trinajstić information content (AvgIpc) is 2.78. The zero-order chi connectivity index (χ0) is 22.4. The predicted octanol–water partition coefficient (Wildman–Crippen LogP) is 4.04. The number of rotatable bonds is 8. The molecular formula is C24H32FN3O3. The molecule has 0 saturated carbocycles. The van der Waals surface area contributed by atoms with Crippen molar-refractivity contribution < 1.29 is 18.7 Å². The lowest BCUT2D eigenvalue weighted by Gasteiger charge is -2.42. The molecule has 2 aromatic carbocycles. The van der Waals surface area contributed by atoms with Crippen molar-refractivity contribution in [2.24, 2.45) is 0 Å². The summed E-state index contributed by atoms with van der Waals surface area (Å²) in [5.74, 6) is 1.13. The summed E-state index contributed by atoms with van der Waals surface area (Å²) in [6.07, 6.45) is 1.61. The van der Waals surface area contributed by atoms with E-state index in [9.17, 15) is 9.18 Å². The first kappa shape index (κ1) is 22.9. The molecule has 0 aromatic heterocycles. The van der Waals surface area contributed by atoms with Crippen LogP contribution in [0.15, 0.2) is 36.4 Å². The van der Waals surface area contributed by atoms with E-state index in [-0.39, 0.29) is 23.9 Å². The highest BCUT2D eigenvalue weighted by atomic mass is 19.1. The van der Waals surface area contributed by atoms with Crippen LogP contribution in [0.4, 0.5) is 9.18 Å². The standard InChI is InChI=1S/C24H32FN3O3/c1-5-20(27-24(29)26-6-2)23-19-14-22(31-4)21(30-3)13-17(19)11-12-28(23)15-16-7-9-18(25)10-8-16/h7-10,13-14,20,23H,5-6,11-12,15H2,1-4H3,(H2,26,27,29)/t20-,23-/m1/s1. The number of hydrogen-bond acceptors (Lipinski definition) is 4. The van der Waals surface area contributed by atoms with Crippen LogP contribution < -0.4 is 20.1 Å². The largest absolute Gasteiger partial charge is 0.493 e. The molecule has 1 heterocycles. The third kappa shape index (κ3) is 5.28. The quantitative estimate of drug-likeness (QED) is 0.665. The summed E-state index contributed by atoms with van der Waals surface area (Å²) in [6.45, 7) is 6.01. The first-order valence-corrected chi connectivity index (χ1v) is 10.8. The van der Waals surface area contributed by atoms with Crippen molar-refractivity contribution in [3.8, 4) is 11.5 Å². The average molecular weight is 430 g/mol. The van der Waals surface area contributed by atoms with Gasteiger partial charge in [-0.15, -0.1) is 0 Å². The molecular weight excluding hydrogens is 397 g/mol. The van der Waals surface area contributed by atoms with Gasteiger partial charge in [0, 0.05) is 19.6 Å². The van der Waals surface area contributed by atoms with E-state index in [0.29, 0.717) is 24.6 Å². The molecule has 0 fully saturated rings. The molecule has 0 radical (unpaired) electrons. The second-order valence-electron chi connectivity index (χ2n) is 7.72. The highest BCUT2D eigenvalue weighted by Crippen LogP contribution is 2.40. The lowest BCUT2D eigenvalue weighted by molar-refractivity contribution is 0.135. The molecule has 0 aliphatic carbocycles. The van der Waals surface area contributed by atoms with Crippen LogP contribution in [-0.2, 0) is 13.0 Å². The molecule has 168 valence electrons. The maximum atomic E-state index is 13.4. The van der Waals surface area contributed by atoms with Crippen molar-refractivity contribution in [1.29, 1.82) is 0 Å². The van der Waals surface area contributed by atoms with Gasteiger partial charge < -0.3 is 20.1 Å². The molecule has 0 bridgehead atoms. The summed E-state index contributed by atoms with van der Waals surface area (Å²) in [7, 11) is 3.26. The Balaban J connectivity index is 2.00. The van der Waals surface area contributed by atoms with Crippen LogP contribution in [0.1, 0.15) is 43.0 Å². The molecule has 0 spiro atoms. The van der Waals surface area contributed by atoms with Crippen LogP contribution in [0.5, 0.6) is 11.5 Å². The molecule has 1 aliphatic heterocycles. The minimum atomic E-state index is -0.245. The van der Waals surface area contributed by atoms with Crippen LogP contribution in [0.25, 0.3) is 0 Å². The zero-order valence-corrected chi connectivity index (χ0v) is 18.7. The van der Waals surface area contributed by atoms with Gasteiger partial charge >= 0.3 is 6.03 Å². The lowest BCUT2D eigenvalue weighted by Crippen LogP contribution is -2.50. The Labute approximate surface area is 183 Å². The molecule has 2 amide bonds. The summed E-state index contributed by atoms with van der Waals surface area (Å²) in [6, 6.07) is 10.3. The van der Waals surface area contributed by atoms with E-state index < -0.39 is 0 Å². The van der Waals surface area contributed by atoms with Crippen molar-refractivity contribution in [2.45, 2.75) is 45.3 Å². The molecule has 7 heteroatoms. The Bertz CT molecular complexity index is 888. The van der Waals surface area contributed by atoms with E-state index in [1.54, 1.807) is 14.2 Å². The summed E-state index contributed by atoms with van der Waals surface area (Å²) >= 11 is 0. The van der Waals surface area contributed by atoms with Gasteiger partial charge in [-0.2, -0.15) is 0 Å². The zero-order valence-electron chi connectivity index (χ0n) is 18.7. The minimum absolute atomic E-state index is 0.0544. The number of fused-ring (bicyclic) bond motifs is 1. The molecule has 0 saturated heterocycles. The van der Waals surface area contributed by atoms with E-state index in [0.717, 1.165) is 30.5 Å². The monoisotopic (exact) mass is 429 g/mol. The van der Waals surface area contributed by atoms with Crippen molar-refractivity contribution in [2.75, 3.05) is 27.3 Å². The molecule has 0 unspecified atom stereocenters. The Morgan fingerprint density at radius 3 is 2.45 bits per heavy atom. The summed E-state index contributed by atoms with van der Waals surface area (Å²) in [5, 5.41) is 5.98. The van der Waals surface area contributed by atoms with Crippen LogP contribution in [-0.4, -0.2) is 44.3 Å². The van der Waals surface area contributed by atoms with Gasteiger partial charge in [0.1, 0.15) is 5.82 Å². The fourth-order valence-corrected chi connectivity index (χ4v) is 4.29. The molecule has 31 heavy (non-hydrogen) atoms. The number of urea groups is 1. The van der Waals surface area contributed by atoms with Crippen LogP contribution in [0.2, 0.25) is 0 Å². The third-order valence-corrected chi connectivity index (χ3v) is 5.80. The van der Waals surface area contributed by atoms with Gasteiger partial charge in [-0.25, -0.2) is 9.18 Å². The number of nitrogens with one attached hydrogen (secondary N) is 2. The number of carbonyl (C=O) groups is 1. The van der Waals surface area contributed by atoms with Gasteiger partial charge in [-0.1, -0.05) is 19.1 Å². The van der Waals surface area contributed by atoms with Crippen LogP contribution >= 0.6 is 0 Å². The highest BCUT2D eigenvalue weighted by Gasteiger charge is 2.35. The molecule has 2 N–H and O–H groups in total. The topological polar surface area (TPSA) is 62.8 Å². The number of carbonyl (C=O) groups excluding carboxylic acids is 1. The van der Waals surface area contributed by atoms with Crippen molar-refractivity contribution >= 4 is 6.03 Å². The minimum Gasteiger partial charge on any atom is -0.493 e. The number of nitrogens with zero attached hydrogens (tertiary/aromatic N) is 1. The van der Waals surface area contributed by atoms with Gasteiger partial charge in [-0.3, -0.25) is 4.90 Å². The maximum Gasteiger partial charge on any atom is 0.315 e. The number of halogens is 1. The maximum absolute atomic E-state index is 13.4. The summed E-state index contributed by atoms with van der Waals surface area (Å²) in [4.78, 5) is 14.7. The Hall–Kier alpha value is -2.80. The van der Waals surface area contributed by atoms with Crippen LogP contribution in [0, 0.1) is 5.82 Å². The number of hydrogen-bond donors (Lipinski definition) is 2. The molecule has 2 aromatic rings. The fraction of sp³-hybridized carbons (Fsp3) is 0.458. The Kier molecular flexibility index (Phi) is 7.74. The normalized spacial score (nSPS) is 16.9. The van der Waals surface area contributed by atoms with E-state index in [4.69, 9.17) is 9.47 Å². The number of ether oxygens (including phenoxy) is 2. The third-order valence-electron chi connectivity index (χ3n) is 5.80. The second kappa shape index (κ2) is 10.5. The van der Waals surface area contributed by atoms with E-state index >= 15 is 0 Å². The predicted molar refractivity (Wildman–Crippen MR) is 119 cm³/mol. The molecule has 3 rings (SSSR count). The number of methoxy groups -OCH3 is 2. The molecule has 2 atom stereocenters. The fourth-order valence-electron chi connectivity index (χ4n) is 4.29. The van der Waals surface area contributed by atoms with Crippen molar-refractivity contribution in [3.05, 3.63) is 58.9 Å². The van der Waals surface area contributed by atoms with Gasteiger partial charge in [0.05, 0.1) is 26.3 Å². The highest BCUT2D eigenvalue weighted by molar-refractivity contribution is 5.74. The van der Waals surface area contributed by atoms with Gasteiger partial charge in [0.2, 0.25) is 0 Å². The van der Waals surface area contributed by atoms with Gasteiger partial charge in [-0.05, 0) is 60.7 Å². The first-order valence-electron chi connectivity index (χ1n) is 10.8. The van der Waals surface area contributed by atoms with Crippen LogP contribution in [0.3, 0.4) is 0 Å². The number of benzene rings is 2. The van der Waals surface area contributed by atoms with Gasteiger partial charge in [0.15, 0.2) is 11.5 Å². The smallest absolute Gasteiger partial charge is 0.315 e. The van der Waals surface area contributed by atoms with E-state index in [2.05, 4.69) is 22.5 Å². The van der Waals surface area contributed by atoms with E-state index in [1.807, 2.05) is 31.2 Å². The SMILES string of the molecule is CCNC(=O)N[C@H](CC)[C@H]1c2cc(OC)c(OC)cc2CCN1Cc1ccc(F)cc1. The first-order chi connectivity index (χ1) is 15.0. The molecule has 1 aliphatic rings. The Morgan fingerprint density at radius 1 is 1.16 bits per heavy atom. The number of amides is 2. The van der Waals surface area contributed by atoms with E-state index in [1.165, 1.54) is 17.7 Å². The summed E-state index contributed by atoms with van der Waals surface area (Å²) in [5.41, 5.74) is 3.34. The Morgan fingerprint density at radius 2 is 1.84 bits per heavy atom. The van der Waals surface area contributed by atoms with Crippen molar-refractivity contribution in [1.82, 2.24) is 15.5 Å². The van der Waals surface area contributed by atoms with Crippen molar-refractivity contribution in [3.63, 3.8) is 0 Å². The van der Waals surface area contributed by atoms with Gasteiger partial charge in [0.25, 0.3) is 0 Å². The second-order valence-corrected chi connectivity index (χ2v) is 7.72. The lowest BCUT2D eigenvalue weighted by atomic mass is 9.86.